The Morgan fingerprint density at radius 1 is 1.02 bits per heavy atom. The maximum Gasteiger partial charge on any atom is 0.271 e. The van der Waals surface area contributed by atoms with Gasteiger partial charge in [-0.3, -0.25) is 24.0 Å². The maximum absolute atomic E-state index is 14.0. The molecule has 0 bridgehead atoms. The van der Waals surface area contributed by atoms with Crippen molar-refractivity contribution in [1.82, 2.24) is 10.2 Å². The fourth-order valence-electron chi connectivity index (χ4n) is 4.25. The van der Waals surface area contributed by atoms with Gasteiger partial charge in [-0.1, -0.05) is 60.1 Å². The molecule has 0 aliphatic heterocycles. The van der Waals surface area contributed by atoms with Gasteiger partial charge in [0.2, 0.25) is 21.8 Å². The van der Waals surface area contributed by atoms with Crippen molar-refractivity contribution in [3.63, 3.8) is 0 Å². The van der Waals surface area contributed by atoms with Gasteiger partial charge >= 0.3 is 0 Å². The highest BCUT2D eigenvalue weighted by molar-refractivity contribution is 7.92. The number of likely N-dealkylation sites (N-methyl/N-ethyl adjacent to an activating group) is 1. The molecule has 1 unspecified atom stereocenters. The largest absolute Gasteiger partial charge is 0.355 e. The Hall–Kier alpha value is -3.96. The number of halogens is 1. The van der Waals surface area contributed by atoms with Crippen LogP contribution in [0.3, 0.4) is 0 Å². The zero-order valence-electron chi connectivity index (χ0n) is 22.4. The Labute approximate surface area is 238 Å². The van der Waals surface area contributed by atoms with Crippen LogP contribution in [-0.4, -0.2) is 55.4 Å². The van der Waals surface area contributed by atoms with Crippen molar-refractivity contribution in [3.8, 4) is 0 Å². The van der Waals surface area contributed by atoms with Gasteiger partial charge in [0.25, 0.3) is 5.69 Å². The Balaban J connectivity index is 2.09. The molecule has 3 aromatic carbocycles. The summed E-state index contributed by atoms with van der Waals surface area (Å²) in [7, 11) is -4.06. The molecular formula is C28H31ClN4O6S. The zero-order valence-corrected chi connectivity index (χ0v) is 24.0. The van der Waals surface area contributed by atoms with Crippen LogP contribution >= 0.6 is 11.6 Å². The van der Waals surface area contributed by atoms with E-state index in [1.165, 1.54) is 17.0 Å². The average molecular weight is 587 g/mol. The Kier molecular flexibility index (Phi) is 10.2. The lowest BCUT2D eigenvalue weighted by molar-refractivity contribution is -0.384. The molecule has 0 aromatic heterocycles. The SMILES string of the molecule is CCNC(=O)C(Cc1ccccc1)N(Cc1cccc(Cl)c1)C(=O)CN(c1cc([N+](=O)[O-])ccc1C)S(C)(=O)=O. The molecule has 2 amide bonds. The third-order valence-electron chi connectivity index (χ3n) is 6.22. The van der Waals surface area contributed by atoms with E-state index in [-0.39, 0.29) is 24.3 Å². The molecule has 1 N–H and O–H groups in total. The number of hydrogen-bond donors (Lipinski definition) is 1. The number of rotatable bonds is 12. The molecule has 0 fully saturated rings. The van der Waals surface area contributed by atoms with Crippen LogP contribution in [0.2, 0.25) is 5.02 Å². The number of nitrogens with zero attached hydrogens (tertiary/aromatic N) is 3. The lowest BCUT2D eigenvalue weighted by atomic mass is 10.0. The van der Waals surface area contributed by atoms with Crippen molar-refractivity contribution < 1.29 is 22.9 Å². The third kappa shape index (κ3) is 8.03. The lowest BCUT2D eigenvalue weighted by Gasteiger charge is -2.33. The van der Waals surface area contributed by atoms with E-state index < -0.39 is 39.3 Å². The smallest absolute Gasteiger partial charge is 0.271 e. The first-order valence-electron chi connectivity index (χ1n) is 12.5. The van der Waals surface area contributed by atoms with Gasteiger partial charge in [-0.15, -0.1) is 0 Å². The minimum Gasteiger partial charge on any atom is -0.355 e. The number of sulfonamides is 1. The summed E-state index contributed by atoms with van der Waals surface area (Å²) >= 11 is 6.19. The summed E-state index contributed by atoms with van der Waals surface area (Å²) in [5.41, 5.74) is 1.56. The molecule has 0 aliphatic carbocycles. The van der Waals surface area contributed by atoms with Crippen LogP contribution in [0.5, 0.6) is 0 Å². The number of anilines is 1. The molecule has 0 spiro atoms. The van der Waals surface area contributed by atoms with Crippen LogP contribution in [-0.2, 0) is 32.6 Å². The average Bonchev–Trinajstić information content (AvgIpc) is 2.89. The van der Waals surface area contributed by atoms with Gasteiger partial charge in [-0.2, -0.15) is 0 Å². The summed E-state index contributed by atoms with van der Waals surface area (Å²) in [4.78, 5) is 39.4. The summed E-state index contributed by atoms with van der Waals surface area (Å²) in [6, 6.07) is 18.8. The van der Waals surface area contributed by atoms with Crippen molar-refractivity contribution in [1.29, 1.82) is 0 Å². The van der Waals surface area contributed by atoms with Crippen LogP contribution in [0.1, 0.15) is 23.6 Å². The number of benzene rings is 3. The molecule has 3 aromatic rings. The van der Waals surface area contributed by atoms with Gasteiger partial charge in [-0.05, 0) is 42.7 Å². The number of carbonyl (C=O) groups is 2. The predicted octanol–water partition coefficient (Wildman–Crippen LogP) is 4.10. The van der Waals surface area contributed by atoms with Crippen molar-refractivity contribution >= 4 is 44.8 Å². The van der Waals surface area contributed by atoms with E-state index in [1.807, 2.05) is 30.3 Å². The molecule has 0 radical (unpaired) electrons. The summed E-state index contributed by atoms with van der Waals surface area (Å²) in [5, 5.41) is 14.6. The second-order valence-corrected chi connectivity index (χ2v) is 11.6. The quantitative estimate of drug-likeness (QED) is 0.251. The van der Waals surface area contributed by atoms with E-state index >= 15 is 0 Å². The first-order valence-corrected chi connectivity index (χ1v) is 14.7. The van der Waals surface area contributed by atoms with E-state index in [2.05, 4.69) is 5.32 Å². The highest BCUT2D eigenvalue weighted by Crippen LogP contribution is 2.28. The van der Waals surface area contributed by atoms with Crippen molar-refractivity contribution in [2.24, 2.45) is 0 Å². The summed E-state index contributed by atoms with van der Waals surface area (Å²) in [6.45, 7) is 2.98. The standard InChI is InChI=1S/C28H31ClN4O6S/c1-4-30-28(35)26(16-21-9-6-5-7-10-21)31(18-22-11-8-12-23(29)15-22)27(34)19-32(40(3,38)39)25-17-24(33(36)37)14-13-20(25)2/h5-15,17,26H,4,16,18-19H2,1-3H3,(H,30,35). The highest BCUT2D eigenvalue weighted by atomic mass is 35.5. The summed E-state index contributed by atoms with van der Waals surface area (Å²) in [5.74, 6) is -1.07. The molecular weight excluding hydrogens is 556 g/mol. The number of nitro groups is 1. The van der Waals surface area contributed by atoms with E-state index in [1.54, 1.807) is 38.1 Å². The van der Waals surface area contributed by atoms with Crippen LogP contribution in [0.15, 0.2) is 72.8 Å². The summed E-state index contributed by atoms with van der Waals surface area (Å²) in [6.07, 6.45) is 1.10. The second-order valence-electron chi connectivity index (χ2n) is 9.25. The Morgan fingerprint density at radius 2 is 1.70 bits per heavy atom. The van der Waals surface area contributed by atoms with Crippen LogP contribution in [0.25, 0.3) is 0 Å². The monoisotopic (exact) mass is 586 g/mol. The van der Waals surface area contributed by atoms with E-state index in [0.29, 0.717) is 22.7 Å². The fraction of sp³-hybridized carbons (Fsp3) is 0.286. The molecule has 10 nitrogen and oxygen atoms in total. The van der Waals surface area contributed by atoms with Gasteiger partial charge in [0.05, 0.1) is 16.9 Å². The molecule has 0 heterocycles. The van der Waals surface area contributed by atoms with Crippen molar-refractivity contribution in [3.05, 3.63) is 105 Å². The molecule has 212 valence electrons. The fourth-order valence-corrected chi connectivity index (χ4v) is 5.36. The molecule has 3 rings (SSSR count). The Bertz CT molecular complexity index is 1480. The van der Waals surface area contributed by atoms with E-state index in [0.717, 1.165) is 22.2 Å². The number of non-ortho nitro benzene ring substituents is 1. The normalized spacial score (nSPS) is 11.9. The maximum atomic E-state index is 14.0. The molecule has 40 heavy (non-hydrogen) atoms. The number of carbonyl (C=O) groups excluding carboxylic acids is 2. The minimum absolute atomic E-state index is 0.00498. The molecule has 1 atom stereocenters. The number of nitro benzene ring substituents is 1. The van der Waals surface area contributed by atoms with Crippen LogP contribution in [0.4, 0.5) is 11.4 Å². The first-order chi connectivity index (χ1) is 18.9. The van der Waals surface area contributed by atoms with Gasteiger partial charge in [0.15, 0.2) is 0 Å². The van der Waals surface area contributed by atoms with Crippen molar-refractivity contribution in [2.45, 2.75) is 32.9 Å². The molecule has 0 saturated heterocycles. The number of aryl methyl sites for hydroxylation is 1. The topological polar surface area (TPSA) is 130 Å². The minimum atomic E-state index is -4.06. The first kappa shape index (κ1) is 30.6. The zero-order chi connectivity index (χ0) is 29.4. The van der Waals surface area contributed by atoms with Gasteiger partial charge in [0, 0.05) is 36.7 Å². The van der Waals surface area contributed by atoms with Crippen LogP contribution in [0, 0.1) is 17.0 Å². The third-order valence-corrected chi connectivity index (χ3v) is 7.58. The number of nitrogens with one attached hydrogen (secondary N) is 1. The van der Waals surface area contributed by atoms with E-state index in [4.69, 9.17) is 11.6 Å². The summed E-state index contributed by atoms with van der Waals surface area (Å²) < 4.78 is 26.7. The van der Waals surface area contributed by atoms with Gasteiger partial charge in [-0.25, -0.2) is 8.42 Å². The van der Waals surface area contributed by atoms with Gasteiger partial charge in [0.1, 0.15) is 12.6 Å². The highest BCUT2D eigenvalue weighted by Gasteiger charge is 2.33. The predicted molar refractivity (Wildman–Crippen MR) is 155 cm³/mol. The van der Waals surface area contributed by atoms with Crippen molar-refractivity contribution in [2.75, 3.05) is 23.7 Å². The van der Waals surface area contributed by atoms with Crippen LogP contribution < -0.4 is 9.62 Å². The lowest BCUT2D eigenvalue weighted by Crippen LogP contribution is -2.53. The number of amides is 2. The molecule has 0 aliphatic rings. The van der Waals surface area contributed by atoms with Gasteiger partial charge < -0.3 is 10.2 Å². The molecule has 12 heteroatoms. The second kappa shape index (κ2) is 13.4. The Morgan fingerprint density at radius 3 is 2.30 bits per heavy atom. The molecule has 0 saturated carbocycles. The number of hydrogen-bond acceptors (Lipinski definition) is 6. The van der Waals surface area contributed by atoms with E-state index in [9.17, 15) is 28.1 Å².